The minimum absolute atomic E-state index is 0.0323. The Morgan fingerprint density at radius 2 is 2.27 bits per heavy atom. The lowest BCUT2D eigenvalue weighted by molar-refractivity contribution is 0.742. The van der Waals surface area contributed by atoms with Gasteiger partial charge in [0.25, 0.3) is 5.56 Å². The summed E-state index contributed by atoms with van der Waals surface area (Å²) in [6.45, 7) is 2.39. The predicted octanol–water partition coefficient (Wildman–Crippen LogP) is 1.24. The quantitative estimate of drug-likeness (QED) is 0.830. The van der Waals surface area contributed by atoms with Crippen molar-refractivity contribution >= 4 is 17.2 Å². The van der Waals surface area contributed by atoms with Gasteiger partial charge in [-0.05, 0) is 30.6 Å². The van der Waals surface area contributed by atoms with Gasteiger partial charge in [0.15, 0.2) is 0 Å². The molecule has 78 valence electrons. The van der Waals surface area contributed by atoms with Crippen molar-refractivity contribution in [3.05, 3.63) is 45.3 Å². The van der Waals surface area contributed by atoms with E-state index in [4.69, 9.17) is 5.73 Å². The molecule has 0 atom stereocenters. The molecule has 0 fully saturated rings. The van der Waals surface area contributed by atoms with Crippen LogP contribution in [-0.4, -0.2) is 8.94 Å². The number of nitrogen functional groups attached to an aromatic ring is 1. The molecule has 0 aliphatic rings. The van der Waals surface area contributed by atoms with Crippen molar-refractivity contribution in [2.75, 3.05) is 5.73 Å². The smallest absolute Gasteiger partial charge is 0.251 e. The average Bonchev–Trinajstić information content (AvgIpc) is 2.71. The zero-order valence-corrected chi connectivity index (χ0v) is 9.12. The van der Waals surface area contributed by atoms with Gasteiger partial charge in [-0.3, -0.25) is 4.79 Å². The Kier molecular flexibility index (Phi) is 2.55. The first-order valence-corrected chi connectivity index (χ1v) is 5.31. The Bertz CT molecular complexity index is 516. The summed E-state index contributed by atoms with van der Waals surface area (Å²) in [4.78, 5) is 12.7. The summed E-state index contributed by atoms with van der Waals surface area (Å²) in [5, 5.41) is 0. The molecule has 0 bridgehead atoms. The van der Waals surface area contributed by atoms with Crippen LogP contribution >= 0.6 is 11.5 Å². The number of pyridine rings is 1. The molecule has 2 aromatic rings. The lowest BCUT2D eigenvalue weighted by Gasteiger charge is -2.09. The maximum Gasteiger partial charge on any atom is 0.251 e. The maximum atomic E-state index is 11.6. The van der Waals surface area contributed by atoms with E-state index in [9.17, 15) is 4.79 Å². The summed E-state index contributed by atoms with van der Waals surface area (Å²) in [5.41, 5.74) is 7.15. The summed E-state index contributed by atoms with van der Waals surface area (Å²) < 4.78 is 5.65. The molecule has 2 rings (SSSR count). The maximum absolute atomic E-state index is 11.6. The summed E-state index contributed by atoms with van der Waals surface area (Å²) in [6, 6.07) is 5.03. The highest BCUT2D eigenvalue weighted by atomic mass is 32.1. The number of hydrogen-bond donors (Lipinski definition) is 1. The first kappa shape index (κ1) is 9.92. The van der Waals surface area contributed by atoms with Gasteiger partial charge in [-0.25, -0.2) is 4.37 Å². The van der Waals surface area contributed by atoms with Gasteiger partial charge in [0.05, 0.1) is 12.2 Å². The second-order valence-corrected chi connectivity index (χ2v) is 4.19. The number of nitrogens with two attached hydrogens (primary N) is 1. The SMILES string of the molecule is Cc1c(N)ccc(=O)n1Cc1ccns1. The van der Waals surface area contributed by atoms with Crippen LogP contribution in [0.3, 0.4) is 0 Å². The van der Waals surface area contributed by atoms with Crippen molar-refractivity contribution in [3.8, 4) is 0 Å². The van der Waals surface area contributed by atoms with Crippen LogP contribution in [-0.2, 0) is 6.54 Å². The molecule has 0 radical (unpaired) electrons. The highest BCUT2D eigenvalue weighted by Crippen LogP contribution is 2.11. The van der Waals surface area contributed by atoms with E-state index in [-0.39, 0.29) is 5.56 Å². The Morgan fingerprint density at radius 1 is 1.47 bits per heavy atom. The van der Waals surface area contributed by atoms with Gasteiger partial charge in [0.1, 0.15) is 0 Å². The second kappa shape index (κ2) is 3.86. The van der Waals surface area contributed by atoms with Crippen LogP contribution < -0.4 is 11.3 Å². The van der Waals surface area contributed by atoms with Crippen molar-refractivity contribution in [1.29, 1.82) is 0 Å². The van der Waals surface area contributed by atoms with E-state index < -0.39 is 0 Å². The van der Waals surface area contributed by atoms with Gasteiger partial charge in [-0.2, -0.15) is 0 Å². The lowest BCUT2D eigenvalue weighted by atomic mass is 10.3. The van der Waals surface area contributed by atoms with Crippen molar-refractivity contribution in [2.45, 2.75) is 13.5 Å². The van der Waals surface area contributed by atoms with E-state index in [2.05, 4.69) is 4.37 Å². The van der Waals surface area contributed by atoms with Gasteiger partial charge in [0.2, 0.25) is 0 Å². The molecule has 0 aliphatic heterocycles. The van der Waals surface area contributed by atoms with Crippen LogP contribution in [0.25, 0.3) is 0 Å². The van der Waals surface area contributed by atoms with E-state index in [1.165, 1.54) is 17.6 Å². The fourth-order valence-corrected chi connectivity index (χ4v) is 1.93. The molecule has 0 saturated heterocycles. The zero-order valence-electron chi connectivity index (χ0n) is 8.30. The topological polar surface area (TPSA) is 60.9 Å². The summed E-state index contributed by atoms with van der Waals surface area (Å²) >= 11 is 1.39. The molecule has 0 amide bonds. The van der Waals surface area contributed by atoms with Crippen molar-refractivity contribution in [3.63, 3.8) is 0 Å². The molecule has 2 aromatic heterocycles. The number of nitrogens with zero attached hydrogens (tertiary/aromatic N) is 2. The third-order valence-electron chi connectivity index (χ3n) is 2.30. The summed E-state index contributed by atoms with van der Waals surface area (Å²) in [6.07, 6.45) is 1.73. The number of rotatable bonds is 2. The van der Waals surface area contributed by atoms with Crippen LogP contribution in [0.15, 0.2) is 29.2 Å². The van der Waals surface area contributed by atoms with Crippen LogP contribution in [0.1, 0.15) is 10.6 Å². The third-order valence-corrected chi connectivity index (χ3v) is 3.03. The molecule has 4 nitrogen and oxygen atoms in total. The standard InChI is InChI=1S/C10H11N3OS/c1-7-9(11)2-3-10(14)13(7)6-8-4-5-12-15-8/h2-5H,6,11H2,1H3. The minimum atomic E-state index is -0.0323. The van der Waals surface area contributed by atoms with Crippen molar-refractivity contribution in [2.24, 2.45) is 0 Å². The molecule has 15 heavy (non-hydrogen) atoms. The molecule has 0 aromatic carbocycles. The first-order chi connectivity index (χ1) is 7.18. The molecule has 0 aliphatic carbocycles. The summed E-state index contributed by atoms with van der Waals surface area (Å²) in [5.74, 6) is 0. The normalized spacial score (nSPS) is 10.5. The molecule has 2 N–H and O–H groups in total. The van der Waals surface area contributed by atoms with E-state index >= 15 is 0 Å². The molecule has 0 unspecified atom stereocenters. The van der Waals surface area contributed by atoms with Crippen LogP contribution in [0, 0.1) is 6.92 Å². The van der Waals surface area contributed by atoms with Crippen molar-refractivity contribution < 1.29 is 0 Å². The van der Waals surface area contributed by atoms with E-state index in [0.717, 1.165) is 10.6 Å². The Balaban J connectivity index is 2.44. The van der Waals surface area contributed by atoms with Gasteiger partial charge < -0.3 is 10.3 Å². The number of aromatic nitrogens is 2. The average molecular weight is 221 g/mol. The van der Waals surface area contributed by atoms with Crippen LogP contribution in [0.5, 0.6) is 0 Å². The fourth-order valence-electron chi connectivity index (χ4n) is 1.37. The highest BCUT2D eigenvalue weighted by molar-refractivity contribution is 7.05. The Labute approximate surface area is 91.2 Å². The first-order valence-electron chi connectivity index (χ1n) is 4.54. The molecule has 0 spiro atoms. The van der Waals surface area contributed by atoms with E-state index in [1.54, 1.807) is 16.8 Å². The van der Waals surface area contributed by atoms with E-state index in [1.807, 2.05) is 13.0 Å². The molecule has 2 heterocycles. The monoisotopic (exact) mass is 221 g/mol. The van der Waals surface area contributed by atoms with Crippen LogP contribution in [0.4, 0.5) is 5.69 Å². The number of hydrogen-bond acceptors (Lipinski definition) is 4. The van der Waals surface area contributed by atoms with Crippen LogP contribution in [0.2, 0.25) is 0 Å². The largest absolute Gasteiger partial charge is 0.397 e. The van der Waals surface area contributed by atoms with Crippen molar-refractivity contribution in [1.82, 2.24) is 8.94 Å². The third kappa shape index (κ3) is 1.92. The predicted molar refractivity (Wildman–Crippen MR) is 61.1 cm³/mol. The van der Waals surface area contributed by atoms with Gasteiger partial charge in [-0.15, -0.1) is 0 Å². The molecule has 5 heteroatoms. The molecule has 0 saturated carbocycles. The zero-order chi connectivity index (χ0) is 10.8. The van der Waals surface area contributed by atoms with E-state index in [0.29, 0.717) is 12.2 Å². The molecular weight excluding hydrogens is 210 g/mol. The van der Waals surface area contributed by atoms with Gasteiger partial charge >= 0.3 is 0 Å². The minimum Gasteiger partial charge on any atom is -0.397 e. The Morgan fingerprint density at radius 3 is 2.93 bits per heavy atom. The fraction of sp³-hybridized carbons (Fsp3) is 0.200. The van der Waals surface area contributed by atoms with Gasteiger partial charge in [0, 0.05) is 22.8 Å². The van der Waals surface area contributed by atoms with Gasteiger partial charge in [-0.1, -0.05) is 0 Å². The highest BCUT2D eigenvalue weighted by Gasteiger charge is 2.04. The number of anilines is 1. The Hall–Kier alpha value is -1.62. The molecular formula is C10H11N3OS. The second-order valence-electron chi connectivity index (χ2n) is 3.28. The lowest BCUT2D eigenvalue weighted by Crippen LogP contribution is -2.22. The summed E-state index contributed by atoms with van der Waals surface area (Å²) in [7, 11) is 0.